The Bertz CT molecular complexity index is 994. The summed E-state index contributed by atoms with van der Waals surface area (Å²) in [7, 11) is 0. The molecule has 0 bridgehead atoms. The highest BCUT2D eigenvalue weighted by atomic mass is 16.5. The molecule has 8 heteroatoms. The Labute approximate surface area is 207 Å². The molecule has 3 heterocycles. The first kappa shape index (κ1) is 27.3. The zero-order valence-electron chi connectivity index (χ0n) is 21.9. The highest BCUT2D eigenvalue weighted by Crippen LogP contribution is 2.35. The van der Waals surface area contributed by atoms with Crippen molar-refractivity contribution in [3.63, 3.8) is 0 Å². The third-order valence-electron chi connectivity index (χ3n) is 7.61. The summed E-state index contributed by atoms with van der Waals surface area (Å²) in [6.07, 6.45) is 3.76. The molecule has 0 saturated carbocycles. The highest BCUT2D eigenvalue weighted by Gasteiger charge is 2.47. The minimum absolute atomic E-state index is 0.121. The van der Waals surface area contributed by atoms with Crippen LogP contribution < -0.4 is 5.32 Å². The van der Waals surface area contributed by atoms with Crippen molar-refractivity contribution in [1.29, 1.82) is 0 Å². The Kier molecular flexibility index (Phi) is 8.40. The second-order valence-corrected chi connectivity index (χ2v) is 10.9. The molecule has 8 nitrogen and oxygen atoms in total. The van der Waals surface area contributed by atoms with Crippen molar-refractivity contribution in [2.75, 3.05) is 0 Å². The van der Waals surface area contributed by atoms with Gasteiger partial charge in [0.15, 0.2) is 5.89 Å². The molecule has 3 rings (SSSR count). The molecule has 1 fully saturated rings. The zero-order valence-corrected chi connectivity index (χ0v) is 21.9. The van der Waals surface area contributed by atoms with Gasteiger partial charge in [0, 0.05) is 31.3 Å². The standard InChI is InChI=1S/C27H40N2O6/c1-14-8-9-21(15(2)11-19-13-34-18(5)28-19)35-23(31)12-22(30)27(6,7)26(33)17(4)25(32)16(3)24-20(10-14)29-24/h8,11,13,16-17,20-22,24-25,29-30,32H,9-10,12H2,1-7H3/b14-8-,15-11?/t16-,17-,20?,21-,22+,24?,25+/m1/s1. The van der Waals surface area contributed by atoms with Gasteiger partial charge in [0.1, 0.15) is 23.8 Å². The van der Waals surface area contributed by atoms with Crippen molar-refractivity contribution in [3.05, 3.63) is 35.1 Å². The topological polar surface area (TPSA) is 132 Å². The first-order valence-electron chi connectivity index (χ1n) is 12.4. The number of ketones is 1. The van der Waals surface area contributed by atoms with Crippen LogP contribution in [0.2, 0.25) is 0 Å². The fourth-order valence-corrected chi connectivity index (χ4v) is 4.93. The summed E-state index contributed by atoms with van der Waals surface area (Å²) in [4.78, 5) is 30.4. The smallest absolute Gasteiger partial charge is 0.309 e. The third-order valence-corrected chi connectivity index (χ3v) is 7.61. The lowest BCUT2D eigenvalue weighted by atomic mass is 9.73. The summed E-state index contributed by atoms with van der Waals surface area (Å²) in [6.45, 7) is 12.5. The number of hydrogen-bond acceptors (Lipinski definition) is 8. The fraction of sp³-hybridized carbons (Fsp3) is 0.667. The van der Waals surface area contributed by atoms with Crippen molar-refractivity contribution in [2.24, 2.45) is 17.3 Å². The number of cyclic esters (lactones) is 1. The van der Waals surface area contributed by atoms with Crippen molar-refractivity contribution >= 4 is 17.8 Å². The van der Waals surface area contributed by atoms with Gasteiger partial charge in [-0.05, 0) is 37.8 Å². The van der Waals surface area contributed by atoms with E-state index in [9.17, 15) is 19.8 Å². The number of aliphatic hydroxyl groups excluding tert-OH is 2. The molecule has 1 aromatic heterocycles. The molecule has 1 aromatic rings. The van der Waals surface area contributed by atoms with E-state index in [-0.39, 0.29) is 30.2 Å². The van der Waals surface area contributed by atoms with Gasteiger partial charge in [-0.25, -0.2) is 4.98 Å². The van der Waals surface area contributed by atoms with Gasteiger partial charge < -0.3 is 24.7 Å². The number of aromatic nitrogens is 1. The number of carbonyl (C=O) groups excluding carboxylic acids is 2. The van der Waals surface area contributed by atoms with Gasteiger partial charge in [-0.15, -0.1) is 0 Å². The summed E-state index contributed by atoms with van der Waals surface area (Å²) < 4.78 is 11.1. The van der Waals surface area contributed by atoms with Crippen LogP contribution in [-0.4, -0.2) is 57.3 Å². The van der Waals surface area contributed by atoms with Crippen LogP contribution >= 0.6 is 0 Å². The highest BCUT2D eigenvalue weighted by molar-refractivity contribution is 5.88. The number of rotatable bonds is 2. The molecule has 2 aliphatic heterocycles. The molecule has 0 amide bonds. The molecule has 0 aromatic carbocycles. The monoisotopic (exact) mass is 488 g/mol. The lowest BCUT2D eigenvalue weighted by molar-refractivity contribution is -0.154. The Hall–Kier alpha value is -2.29. The van der Waals surface area contributed by atoms with Gasteiger partial charge in [-0.3, -0.25) is 9.59 Å². The molecular weight excluding hydrogens is 448 g/mol. The van der Waals surface area contributed by atoms with Gasteiger partial charge in [0.25, 0.3) is 0 Å². The molecule has 0 aliphatic carbocycles. The first-order valence-corrected chi connectivity index (χ1v) is 12.4. The minimum atomic E-state index is -1.24. The van der Waals surface area contributed by atoms with Crippen LogP contribution in [-0.2, 0) is 14.3 Å². The number of fused-ring (bicyclic) bond motifs is 1. The van der Waals surface area contributed by atoms with Gasteiger partial charge >= 0.3 is 5.97 Å². The van der Waals surface area contributed by atoms with E-state index in [1.54, 1.807) is 34.0 Å². The maximum atomic E-state index is 13.3. The van der Waals surface area contributed by atoms with E-state index in [1.165, 1.54) is 0 Å². The van der Waals surface area contributed by atoms with Crippen LogP contribution in [0.4, 0.5) is 0 Å². The van der Waals surface area contributed by atoms with Crippen LogP contribution in [0.3, 0.4) is 0 Å². The number of nitrogens with zero attached hydrogens (tertiary/aromatic N) is 1. The normalized spacial score (nSPS) is 36.7. The van der Waals surface area contributed by atoms with Crippen LogP contribution in [0.15, 0.2) is 27.9 Å². The number of aliphatic hydroxyl groups is 2. The molecule has 2 aliphatic rings. The average Bonchev–Trinajstić information content (AvgIpc) is 3.43. The molecule has 1 saturated heterocycles. The Balaban J connectivity index is 1.89. The SMILES string of the molecule is CC(=Cc1coc(C)n1)[C@H]1C/C=C(/C)CC2NC2[C@@H](C)[C@H](O)[C@@H](C)C(=O)C(C)(C)[C@@H](O)CC(=O)O1. The maximum Gasteiger partial charge on any atom is 0.309 e. The summed E-state index contributed by atoms with van der Waals surface area (Å²) in [6, 6.07) is 0.343. The van der Waals surface area contributed by atoms with Crippen molar-refractivity contribution in [2.45, 2.75) is 98.1 Å². The third kappa shape index (κ3) is 6.48. The molecule has 2 unspecified atom stereocenters. The molecular formula is C27H40N2O6. The summed E-state index contributed by atoms with van der Waals surface area (Å²) in [5.41, 5.74) is 1.37. The van der Waals surface area contributed by atoms with Gasteiger partial charge in [-0.2, -0.15) is 0 Å². The van der Waals surface area contributed by atoms with Crippen LogP contribution in [0.25, 0.3) is 6.08 Å². The fourth-order valence-electron chi connectivity index (χ4n) is 4.93. The lowest BCUT2D eigenvalue weighted by Gasteiger charge is -2.34. The Morgan fingerprint density at radius 2 is 1.89 bits per heavy atom. The second kappa shape index (κ2) is 10.8. The zero-order chi connectivity index (χ0) is 26.1. The van der Waals surface area contributed by atoms with Crippen LogP contribution in [0.1, 0.15) is 72.4 Å². The number of carbonyl (C=O) groups is 2. The van der Waals surface area contributed by atoms with Crippen molar-refractivity contribution < 1.29 is 29.0 Å². The molecule has 35 heavy (non-hydrogen) atoms. The quantitative estimate of drug-likeness (QED) is 0.328. The van der Waals surface area contributed by atoms with Crippen molar-refractivity contribution in [3.8, 4) is 0 Å². The summed E-state index contributed by atoms with van der Waals surface area (Å²) in [5.74, 6) is -1.11. The lowest BCUT2D eigenvalue weighted by Crippen LogP contribution is -2.46. The maximum absolute atomic E-state index is 13.3. The van der Waals surface area contributed by atoms with Gasteiger partial charge in [0.05, 0.1) is 24.0 Å². The van der Waals surface area contributed by atoms with E-state index in [1.807, 2.05) is 26.8 Å². The first-order chi connectivity index (χ1) is 16.3. The van der Waals surface area contributed by atoms with E-state index < -0.39 is 35.6 Å². The van der Waals surface area contributed by atoms with E-state index in [4.69, 9.17) is 9.15 Å². The van der Waals surface area contributed by atoms with Gasteiger partial charge in [0.2, 0.25) is 0 Å². The molecule has 3 N–H and O–H groups in total. The Morgan fingerprint density at radius 3 is 2.51 bits per heavy atom. The number of aryl methyl sites for hydroxylation is 1. The molecule has 0 spiro atoms. The molecule has 194 valence electrons. The van der Waals surface area contributed by atoms with E-state index in [0.717, 1.165) is 17.6 Å². The summed E-state index contributed by atoms with van der Waals surface area (Å²) >= 11 is 0. The second-order valence-electron chi connectivity index (χ2n) is 10.9. The predicted octanol–water partition coefficient (Wildman–Crippen LogP) is 3.36. The number of hydrogen-bond donors (Lipinski definition) is 3. The predicted molar refractivity (Wildman–Crippen MR) is 132 cm³/mol. The van der Waals surface area contributed by atoms with Crippen LogP contribution in [0.5, 0.6) is 0 Å². The van der Waals surface area contributed by atoms with E-state index >= 15 is 0 Å². The number of esters is 1. The number of Topliss-reactive ketones (excluding diaryl/α,β-unsaturated/α-hetero) is 1. The number of ether oxygens (including phenoxy) is 1. The summed E-state index contributed by atoms with van der Waals surface area (Å²) in [5, 5.41) is 25.2. The van der Waals surface area contributed by atoms with E-state index in [2.05, 4.69) is 16.4 Å². The molecule has 7 atom stereocenters. The van der Waals surface area contributed by atoms with Crippen LogP contribution in [0, 0.1) is 24.2 Å². The largest absolute Gasteiger partial charge is 0.457 e. The number of nitrogens with one attached hydrogen (secondary N) is 1. The van der Waals surface area contributed by atoms with Gasteiger partial charge in [-0.1, -0.05) is 39.3 Å². The minimum Gasteiger partial charge on any atom is -0.457 e. The Morgan fingerprint density at radius 1 is 1.20 bits per heavy atom. The average molecular weight is 489 g/mol. The van der Waals surface area contributed by atoms with E-state index in [0.29, 0.717) is 18.0 Å². The molecule has 0 radical (unpaired) electrons. The van der Waals surface area contributed by atoms with Crippen molar-refractivity contribution in [1.82, 2.24) is 10.3 Å². The number of oxazole rings is 1.